The number of unbranched alkanes of at least 4 members (excludes halogenated alkanes) is 47. The second-order valence-electron chi connectivity index (χ2n) is 22.1. The molecule has 2 atom stereocenters. The molecule has 0 aromatic carbocycles. The first-order valence-electron chi connectivity index (χ1n) is 32.1. The molecule has 0 rings (SSSR count). The number of allylic oxidation sites excluding steroid dienone is 3. The summed E-state index contributed by atoms with van der Waals surface area (Å²) in [6.07, 6.45) is 75.1. The molecule has 1 amide bonds. The van der Waals surface area contributed by atoms with E-state index in [1.54, 1.807) is 6.08 Å². The molecule has 0 radical (unpaired) electrons. The van der Waals surface area contributed by atoms with Gasteiger partial charge in [-0.1, -0.05) is 308 Å². The normalized spacial score (nSPS) is 12.7. The zero-order valence-electron chi connectivity index (χ0n) is 48.0. The number of aliphatic hydroxyl groups is 2. The highest BCUT2D eigenvalue weighted by molar-refractivity contribution is 5.76. The molecule has 0 heterocycles. The zero-order chi connectivity index (χ0) is 51.4. The van der Waals surface area contributed by atoms with E-state index in [2.05, 4.69) is 31.3 Å². The molecule has 0 saturated carbocycles. The largest absolute Gasteiger partial charge is 0.466 e. The van der Waals surface area contributed by atoms with Crippen LogP contribution in [0.1, 0.15) is 354 Å². The van der Waals surface area contributed by atoms with Crippen LogP contribution in [0.25, 0.3) is 0 Å². The number of hydrogen-bond acceptors (Lipinski definition) is 5. The van der Waals surface area contributed by atoms with E-state index in [4.69, 9.17) is 4.74 Å². The molecule has 71 heavy (non-hydrogen) atoms. The number of carbonyl (C=O) groups is 2. The van der Waals surface area contributed by atoms with Gasteiger partial charge >= 0.3 is 5.97 Å². The van der Waals surface area contributed by atoms with Crippen LogP contribution in [0, 0.1) is 0 Å². The molecule has 0 aromatic heterocycles. The Morgan fingerprint density at radius 1 is 0.380 bits per heavy atom. The van der Waals surface area contributed by atoms with Gasteiger partial charge in [-0.2, -0.15) is 0 Å². The third-order valence-electron chi connectivity index (χ3n) is 15.0. The van der Waals surface area contributed by atoms with Crippen molar-refractivity contribution in [2.75, 3.05) is 13.2 Å². The van der Waals surface area contributed by atoms with E-state index >= 15 is 0 Å². The van der Waals surface area contributed by atoms with Gasteiger partial charge in [0.25, 0.3) is 0 Å². The van der Waals surface area contributed by atoms with Gasteiger partial charge in [-0.05, 0) is 57.8 Å². The van der Waals surface area contributed by atoms with Gasteiger partial charge in [0, 0.05) is 12.8 Å². The van der Waals surface area contributed by atoms with Crippen LogP contribution in [-0.2, 0) is 14.3 Å². The quantitative estimate of drug-likeness (QED) is 0.0320. The SMILES string of the molecule is CCCCCCCCC/C=C\CCCCCCCCCC(=O)OCCCCCCCCCCCCCCCCCCCCCCCC(=O)NC(CO)C(O)/C=C/CCCCCCCCCCCCCCC. The molecule has 0 aliphatic heterocycles. The van der Waals surface area contributed by atoms with Crippen molar-refractivity contribution in [3.05, 3.63) is 24.3 Å². The number of nitrogens with one attached hydrogen (secondary N) is 1. The maximum atomic E-state index is 12.5. The number of carbonyl (C=O) groups excluding carboxylic acids is 2. The lowest BCUT2D eigenvalue weighted by molar-refractivity contribution is -0.143. The maximum Gasteiger partial charge on any atom is 0.305 e. The maximum absolute atomic E-state index is 12.5. The number of hydrogen-bond donors (Lipinski definition) is 3. The summed E-state index contributed by atoms with van der Waals surface area (Å²) in [5.74, 6) is -0.0581. The van der Waals surface area contributed by atoms with Crippen molar-refractivity contribution in [3.63, 3.8) is 0 Å². The van der Waals surface area contributed by atoms with Crippen LogP contribution in [0.4, 0.5) is 0 Å². The summed E-state index contributed by atoms with van der Waals surface area (Å²) < 4.78 is 5.50. The highest BCUT2D eigenvalue weighted by atomic mass is 16.5. The lowest BCUT2D eigenvalue weighted by atomic mass is 10.0. The van der Waals surface area contributed by atoms with Gasteiger partial charge in [0.2, 0.25) is 5.91 Å². The monoisotopic (exact) mass is 1000 g/mol. The van der Waals surface area contributed by atoms with Crippen LogP contribution >= 0.6 is 0 Å². The highest BCUT2D eigenvalue weighted by Crippen LogP contribution is 2.18. The van der Waals surface area contributed by atoms with Crippen LogP contribution in [-0.4, -0.2) is 47.4 Å². The minimum absolute atomic E-state index is 0.00897. The Balaban J connectivity index is 3.39. The van der Waals surface area contributed by atoms with Crippen LogP contribution in [0.2, 0.25) is 0 Å². The predicted molar refractivity (Wildman–Crippen MR) is 310 cm³/mol. The molecule has 6 heteroatoms. The van der Waals surface area contributed by atoms with Gasteiger partial charge in [-0.15, -0.1) is 0 Å². The van der Waals surface area contributed by atoms with Crippen molar-refractivity contribution in [1.29, 1.82) is 0 Å². The molecular formula is C65H125NO5. The Morgan fingerprint density at radius 3 is 1.00 bits per heavy atom. The van der Waals surface area contributed by atoms with E-state index in [-0.39, 0.29) is 18.5 Å². The van der Waals surface area contributed by atoms with E-state index in [1.807, 2.05) is 6.08 Å². The molecule has 0 saturated heterocycles. The van der Waals surface area contributed by atoms with Crippen molar-refractivity contribution in [3.8, 4) is 0 Å². The molecule has 0 aliphatic rings. The predicted octanol–water partition coefficient (Wildman–Crippen LogP) is 20.2. The third-order valence-corrected chi connectivity index (χ3v) is 15.0. The van der Waals surface area contributed by atoms with Gasteiger partial charge in [0.1, 0.15) is 0 Å². The lowest BCUT2D eigenvalue weighted by Gasteiger charge is -2.20. The average molecular weight is 1000 g/mol. The fraction of sp³-hybridized carbons (Fsp3) is 0.908. The van der Waals surface area contributed by atoms with Gasteiger partial charge in [-0.3, -0.25) is 9.59 Å². The Hall–Kier alpha value is -1.66. The second kappa shape index (κ2) is 60.9. The first kappa shape index (κ1) is 69.3. The number of rotatable bonds is 60. The summed E-state index contributed by atoms with van der Waals surface area (Å²) in [5.41, 5.74) is 0. The summed E-state index contributed by atoms with van der Waals surface area (Å²) in [7, 11) is 0. The van der Waals surface area contributed by atoms with Crippen LogP contribution < -0.4 is 5.32 Å². The standard InChI is InChI=1S/C65H125NO5/c1-3-5-7-9-11-13-15-17-19-20-27-31-35-39-43-47-51-55-59-65(70)71-60-56-52-48-44-40-36-32-28-25-23-21-22-24-26-30-34-38-42-46-50-54-58-64(69)66-62(61-67)63(68)57-53-49-45-41-37-33-29-18-16-14-12-10-8-6-4-2/h19-20,53,57,62-63,67-68H,3-18,21-52,54-56,58-61H2,1-2H3,(H,66,69)/b20-19-,57-53+. The molecule has 6 nitrogen and oxygen atoms in total. The third kappa shape index (κ3) is 57.5. The molecule has 2 unspecified atom stereocenters. The first-order valence-corrected chi connectivity index (χ1v) is 32.1. The second-order valence-corrected chi connectivity index (χ2v) is 22.1. The average Bonchev–Trinajstić information content (AvgIpc) is 3.37. The van der Waals surface area contributed by atoms with Gasteiger partial charge in [-0.25, -0.2) is 0 Å². The van der Waals surface area contributed by atoms with Crippen molar-refractivity contribution in [2.24, 2.45) is 0 Å². The van der Waals surface area contributed by atoms with Crippen molar-refractivity contribution in [1.82, 2.24) is 5.32 Å². The lowest BCUT2D eigenvalue weighted by Crippen LogP contribution is -2.45. The Kier molecular flexibility index (Phi) is 59.5. The van der Waals surface area contributed by atoms with Gasteiger partial charge in [0.05, 0.1) is 25.4 Å². The summed E-state index contributed by atoms with van der Waals surface area (Å²) in [6, 6.07) is -0.628. The molecule has 0 spiro atoms. The molecule has 0 fully saturated rings. The van der Waals surface area contributed by atoms with E-state index < -0.39 is 12.1 Å². The summed E-state index contributed by atoms with van der Waals surface area (Å²) in [5, 5.41) is 23.1. The molecule has 0 aliphatic carbocycles. The number of amides is 1. The fourth-order valence-corrected chi connectivity index (χ4v) is 10.0. The van der Waals surface area contributed by atoms with Gasteiger partial charge in [0.15, 0.2) is 0 Å². The van der Waals surface area contributed by atoms with Crippen LogP contribution in [0.3, 0.4) is 0 Å². The summed E-state index contributed by atoms with van der Waals surface area (Å²) >= 11 is 0. The molecule has 0 bridgehead atoms. The summed E-state index contributed by atoms with van der Waals surface area (Å²) in [6.45, 7) is 4.92. The van der Waals surface area contributed by atoms with Crippen LogP contribution in [0.5, 0.6) is 0 Å². The van der Waals surface area contributed by atoms with Crippen molar-refractivity contribution in [2.45, 2.75) is 366 Å². The van der Waals surface area contributed by atoms with E-state index in [0.29, 0.717) is 19.4 Å². The van der Waals surface area contributed by atoms with E-state index in [9.17, 15) is 19.8 Å². The molecule has 420 valence electrons. The Labute approximate surface area is 443 Å². The fourth-order valence-electron chi connectivity index (χ4n) is 10.0. The minimum atomic E-state index is -0.845. The number of ether oxygens (including phenoxy) is 1. The highest BCUT2D eigenvalue weighted by Gasteiger charge is 2.18. The smallest absolute Gasteiger partial charge is 0.305 e. The summed E-state index contributed by atoms with van der Waals surface area (Å²) in [4.78, 5) is 24.6. The Morgan fingerprint density at radius 2 is 0.662 bits per heavy atom. The first-order chi connectivity index (χ1) is 35.0. The molecule has 3 N–H and O–H groups in total. The van der Waals surface area contributed by atoms with E-state index in [1.165, 1.54) is 283 Å². The minimum Gasteiger partial charge on any atom is -0.466 e. The molecular weight excluding hydrogens is 875 g/mol. The van der Waals surface area contributed by atoms with Crippen molar-refractivity contribution < 1.29 is 24.5 Å². The Bertz CT molecular complexity index is 1110. The van der Waals surface area contributed by atoms with Gasteiger partial charge < -0.3 is 20.3 Å². The number of aliphatic hydroxyl groups excluding tert-OH is 2. The zero-order valence-corrected chi connectivity index (χ0v) is 48.0. The van der Waals surface area contributed by atoms with Crippen molar-refractivity contribution >= 4 is 11.9 Å². The topological polar surface area (TPSA) is 95.9 Å². The molecule has 0 aromatic rings. The van der Waals surface area contributed by atoms with Crippen LogP contribution in [0.15, 0.2) is 24.3 Å². The van der Waals surface area contributed by atoms with E-state index in [0.717, 1.165) is 44.9 Å². The number of esters is 1.